The predicted octanol–water partition coefficient (Wildman–Crippen LogP) is 3.09. The van der Waals surface area contributed by atoms with E-state index in [4.69, 9.17) is 15.6 Å². The van der Waals surface area contributed by atoms with Crippen molar-refractivity contribution >= 4 is 23.2 Å². The first-order chi connectivity index (χ1) is 12.8. The molecule has 0 aliphatic carbocycles. The molecule has 0 aliphatic rings. The second-order valence-corrected chi connectivity index (χ2v) is 6.57. The number of ether oxygens (including phenoxy) is 1. The molecule has 0 radical (unpaired) electrons. The minimum Gasteiger partial charge on any atom is -0.444 e. The molecule has 0 bridgehead atoms. The monoisotopic (exact) mass is 401 g/mol. The average Bonchev–Trinajstić information content (AvgIpc) is 2.59. The zero-order valence-corrected chi connectivity index (χ0v) is 16.6. The average molecular weight is 401 g/mol. The minimum absolute atomic E-state index is 0.600. The quantitative estimate of drug-likeness (QED) is 0.394. The molecule has 0 aliphatic heterocycles. The Hall–Kier alpha value is -2.95. The third-order valence-corrected chi connectivity index (χ3v) is 3.47. The van der Waals surface area contributed by atoms with Crippen LogP contribution in [0.2, 0.25) is 0 Å². The minimum atomic E-state index is -1.54. The molecule has 28 heavy (non-hydrogen) atoms. The zero-order valence-electron chi connectivity index (χ0n) is 16.6. The second-order valence-electron chi connectivity index (χ2n) is 6.57. The van der Waals surface area contributed by atoms with Crippen molar-refractivity contribution in [2.75, 3.05) is 14.1 Å². The van der Waals surface area contributed by atoms with Gasteiger partial charge in [-0.25, -0.2) is 9.18 Å². The fourth-order valence-corrected chi connectivity index (χ4v) is 1.94. The number of carbonyl (C=O) groups is 1. The Kier molecular flexibility index (Phi) is 8.80. The molecule has 1 atom stereocenters. The Morgan fingerprint density at radius 2 is 1.79 bits per heavy atom. The van der Waals surface area contributed by atoms with Crippen LogP contribution in [0.15, 0.2) is 12.1 Å². The Bertz CT molecular complexity index is 778. The standard InChI is InChI=1S/C16H20F2N4O4.CH5N/c1-8(21(5)15(23)26-16(2,3)4)13(19)14(20)11-9(17)6-7-10(12(11)18)22(24)25;1-2/h6-8,19-20H,1-5H3;2H2,1H3. The molecular formula is C17H25F2N5O4. The first-order valence-corrected chi connectivity index (χ1v) is 8.11. The molecule has 0 spiro atoms. The van der Waals surface area contributed by atoms with Crippen molar-refractivity contribution in [3.63, 3.8) is 0 Å². The largest absolute Gasteiger partial charge is 0.444 e. The molecule has 0 saturated carbocycles. The van der Waals surface area contributed by atoms with E-state index in [1.54, 1.807) is 20.8 Å². The summed E-state index contributed by atoms with van der Waals surface area (Å²) in [5.74, 6) is -2.76. The van der Waals surface area contributed by atoms with E-state index in [-0.39, 0.29) is 0 Å². The number of hydrogen-bond donors (Lipinski definition) is 3. The molecule has 1 amide bonds. The highest BCUT2D eigenvalue weighted by atomic mass is 19.1. The van der Waals surface area contributed by atoms with Crippen LogP contribution in [0.4, 0.5) is 19.3 Å². The van der Waals surface area contributed by atoms with Crippen LogP contribution in [-0.2, 0) is 4.74 Å². The fourth-order valence-electron chi connectivity index (χ4n) is 1.94. The number of amides is 1. The number of benzene rings is 1. The summed E-state index contributed by atoms with van der Waals surface area (Å²) in [4.78, 5) is 22.8. The summed E-state index contributed by atoms with van der Waals surface area (Å²) >= 11 is 0. The van der Waals surface area contributed by atoms with Gasteiger partial charge in [-0.3, -0.25) is 15.5 Å². The van der Waals surface area contributed by atoms with Crippen LogP contribution < -0.4 is 5.73 Å². The Balaban J connectivity index is 0.00000352. The normalized spacial score (nSPS) is 11.6. The van der Waals surface area contributed by atoms with Crippen LogP contribution in [0.3, 0.4) is 0 Å². The number of halogens is 2. The Morgan fingerprint density at radius 3 is 2.21 bits per heavy atom. The number of nitrogens with zero attached hydrogens (tertiary/aromatic N) is 2. The maximum atomic E-state index is 14.2. The molecule has 1 unspecified atom stereocenters. The molecule has 11 heteroatoms. The number of rotatable bonds is 5. The topological polar surface area (TPSA) is 146 Å². The van der Waals surface area contributed by atoms with Gasteiger partial charge in [0.2, 0.25) is 5.82 Å². The van der Waals surface area contributed by atoms with Crippen molar-refractivity contribution in [2.45, 2.75) is 39.3 Å². The molecule has 1 aromatic rings. The van der Waals surface area contributed by atoms with E-state index in [1.165, 1.54) is 21.0 Å². The molecule has 156 valence electrons. The molecule has 9 nitrogen and oxygen atoms in total. The van der Waals surface area contributed by atoms with Gasteiger partial charge in [-0.1, -0.05) is 0 Å². The van der Waals surface area contributed by atoms with Crippen LogP contribution in [0, 0.1) is 32.6 Å². The summed E-state index contributed by atoms with van der Waals surface area (Å²) in [7, 11) is 2.81. The molecule has 4 N–H and O–H groups in total. The lowest BCUT2D eigenvalue weighted by molar-refractivity contribution is -0.387. The highest BCUT2D eigenvalue weighted by Gasteiger charge is 2.31. The van der Waals surface area contributed by atoms with E-state index in [1.807, 2.05) is 0 Å². The van der Waals surface area contributed by atoms with Crippen LogP contribution in [0.5, 0.6) is 0 Å². The number of nitro groups is 1. The fraction of sp³-hybridized carbons (Fsp3) is 0.471. The van der Waals surface area contributed by atoms with Crippen molar-refractivity contribution in [1.29, 1.82) is 10.8 Å². The van der Waals surface area contributed by atoms with Gasteiger partial charge in [0, 0.05) is 13.1 Å². The number of carbonyl (C=O) groups excluding carboxylic acids is 1. The van der Waals surface area contributed by atoms with Gasteiger partial charge in [0.1, 0.15) is 11.4 Å². The first-order valence-electron chi connectivity index (χ1n) is 8.11. The second kappa shape index (κ2) is 9.83. The van der Waals surface area contributed by atoms with Gasteiger partial charge in [-0.2, -0.15) is 4.39 Å². The van der Waals surface area contributed by atoms with E-state index in [0.29, 0.717) is 12.1 Å². The SMILES string of the molecule is CC(C(=N)C(=N)c1c(F)ccc([N+](=O)[O-])c1F)N(C)C(=O)OC(C)(C)C.CN. The summed E-state index contributed by atoms with van der Waals surface area (Å²) in [6, 6.07) is 0.234. The van der Waals surface area contributed by atoms with Gasteiger partial charge in [0.15, 0.2) is 0 Å². The summed E-state index contributed by atoms with van der Waals surface area (Å²) in [5, 5.41) is 26.7. The number of hydrogen-bond acceptors (Lipinski definition) is 7. The molecule has 1 rings (SSSR count). The zero-order chi connectivity index (χ0) is 22.4. The Labute approximate surface area is 161 Å². The summed E-state index contributed by atoms with van der Waals surface area (Å²) in [5.41, 5.74) is 0.211. The Morgan fingerprint density at radius 1 is 1.29 bits per heavy atom. The third-order valence-electron chi connectivity index (χ3n) is 3.47. The highest BCUT2D eigenvalue weighted by molar-refractivity contribution is 6.48. The van der Waals surface area contributed by atoms with E-state index >= 15 is 0 Å². The maximum Gasteiger partial charge on any atom is 0.410 e. The first kappa shape index (κ1) is 25.1. The highest BCUT2D eigenvalue weighted by Crippen LogP contribution is 2.24. The van der Waals surface area contributed by atoms with E-state index in [2.05, 4.69) is 5.73 Å². The lowest BCUT2D eigenvalue weighted by Gasteiger charge is -2.29. The third kappa shape index (κ3) is 6.05. The van der Waals surface area contributed by atoms with Gasteiger partial charge < -0.3 is 20.8 Å². The summed E-state index contributed by atoms with van der Waals surface area (Å²) in [6.45, 7) is 6.30. The van der Waals surface area contributed by atoms with Crippen LogP contribution in [0.25, 0.3) is 0 Å². The van der Waals surface area contributed by atoms with Gasteiger partial charge >= 0.3 is 11.8 Å². The van der Waals surface area contributed by atoms with Crippen molar-refractivity contribution in [3.05, 3.63) is 39.4 Å². The van der Waals surface area contributed by atoms with Crippen molar-refractivity contribution in [1.82, 2.24) is 4.90 Å². The molecule has 1 aromatic carbocycles. The lowest BCUT2D eigenvalue weighted by Crippen LogP contribution is -2.45. The number of nitrogens with one attached hydrogen (secondary N) is 2. The molecule has 0 aromatic heterocycles. The van der Waals surface area contributed by atoms with Crippen molar-refractivity contribution < 1.29 is 23.2 Å². The summed E-state index contributed by atoms with van der Waals surface area (Å²) in [6.07, 6.45) is -0.789. The van der Waals surface area contributed by atoms with E-state index in [9.17, 15) is 23.7 Å². The van der Waals surface area contributed by atoms with Crippen LogP contribution in [0.1, 0.15) is 33.3 Å². The smallest absolute Gasteiger partial charge is 0.410 e. The molecular weight excluding hydrogens is 376 g/mol. The molecule has 0 fully saturated rings. The number of nitrogens with two attached hydrogens (primary N) is 1. The molecule has 0 saturated heterocycles. The van der Waals surface area contributed by atoms with Gasteiger partial charge in [-0.15, -0.1) is 0 Å². The molecule has 0 heterocycles. The van der Waals surface area contributed by atoms with E-state index < -0.39 is 57.0 Å². The van der Waals surface area contributed by atoms with Gasteiger partial charge in [0.05, 0.1) is 28.0 Å². The maximum absolute atomic E-state index is 14.2. The lowest BCUT2D eigenvalue weighted by atomic mass is 9.99. The van der Waals surface area contributed by atoms with Gasteiger partial charge in [-0.05, 0) is 40.8 Å². The van der Waals surface area contributed by atoms with Crippen molar-refractivity contribution in [2.24, 2.45) is 5.73 Å². The predicted molar refractivity (Wildman–Crippen MR) is 101 cm³/mol. The van der Waals surface area contributed by atoms with Crippen molar-refractivity contribution in [3.8, 4) is 0 Å². The number of nitro benzene ring substituents is 1. The van der Waals surface area contributed by atoms with E-state index in [0.717, 1.165) is 4.90 Å². The van der Waals surface area contributed by atoms with Crippen LogP contribution in [-0.4, -0.2) is 53.1 Å². The van der Waals surface area contributed by atoms with Crippen LogP contribution >= 0.6 is 0 Å². The summed E-state index contributed by atoms with van der Waals surface area (Å²) < 4.78 is 33.3. The van der Waals surface area contributed by atoms with Gasteiger partial charge in [0.25, 0.3) is 0 Å².